The molecule has 0 saturated carbocycles. The first kappa shape index (κ1) is 30.8. The van der Waals surface area contributed by atoms with Gasteiger partial charge in [0.15, 0.2) is 5.96 Å². The van der Waals surface area contributed by atoms with Crippen LogP contribution in [-0.2, 0) is 30.4 Å². The van der Waals surface area contributed by atoms with Crippen molar-refractivity contribution in [3.63, 3.8) is 0 Å². The van der Waals surface area contributed by atoms with Crippen molar-refractivity contribution in [1.29, 1.82) is 0 Å². The van der Waals surface area contributed by atoms with Crippen molar-refractivity contribution < 1.29 is 39.3 Å². The number of aliphatic hydroxyl groups excluding tert-OH is 1. The monoisotopic (exact) mass is 527 g/mol. The molecule has 0 aromatic carbocycles. The molecule has 0 spiro atoms. The number of nitrogens with zero attached hydrogens (tertiary/aromatic N) is 2. The number of carbonyl (C=O) groups is 5. The van der Waals surface area contributed by atoms with Gasteiger partial charge in [0.25, 0.3) is 0 Å². The lowest BCUT2D eigenvalue weighted by Gasteiger charge is -2.26. The second-order valence-electron chi connectivity index (χ2n) is 8.12. The van der Waals surface area contributed by atoms with E-state index in [2.05, 4.69) is 30.9 Å². The van der Waals surface area contributed by atoms with Gasteiger partial charge in [0, 0.05) is 24.9 Å². The van der Waals surface area contributed by atoms with E-state index in [1.54, 1.807) is 0 Å². The lowest BCUT2D eigenvalue weighted by molar-refractivity contribution is -0.143. The van der Waals surface area contributed by atoms with Gasteiger partial charge < -0.3 is 53.5 Å². The number of guanidine groups is 1. The Morgan fingerprint density at radius 2 is 1.70 bits per heavy atom. The number of imidazole rings is 1. The number of carboxylic acid groups (broad SMARTS) is 2. The number of aromatic amines is 1. The molecular formula is C20H33N9O8. The van der Waals surface area contributed by atoms with Crippen LogP contribution in [-0.4, -0.2) is 97.7 Å². The highest BCUT2D eigenvalue weighted by Gasteiger charge is 2.33. The van der Waals surface area contributed by atoms with Gasteiger partial charge in [0.2, 0.25) is 17.7 Å². The van der Waals surface area contributed by atoms with Crippen molar-refractivity contribution in [2.24, 2.45) is 22.2 Å². The summed E-state index contributed by atoms with van der Waals surface area (Å²) in [5.74, 6) is -5.73. The molecule has 0 bridgehead atoms. The Morgan fingerprint density at radius 3 is 2.22 bits per heavy atom. The summed E-state index contributed by atoms with van der Waals surface area (Å²) < 4.78 is 0. The first-order valence-electron chi connectivity index (χ1n) is 11.1. The highest BCUT2D eigenvalue weighted by molar-refractivity contribution is 5.95. The molecule has 5 atom stereocenters. The fraction of sp³-hybridized carbons (Fsp3) is 0.550. The van der Waals surface area contributed by atoms with Gasteiger partial charge in [-0.2, -0.15) is 0 Å². The third-order valence-corrected chi connectivity index (χ3v) is 4.97. The predicted molar refractivity (Wildman–Crippen MR) is 128 cm³/mol. The summed E-state index contributed by atoms with van der Waals surface area (Å²) in [6.07, 6.45) is 0.560. The van der Waals surface area contributed by atoms with E-state index in [9.17, 15) is 34.2 Å². The second-order valence-corrected chi connectivity index (χ2v) is 8.12. The summed E-state index contributed by atoms with van der Waals surface area (Å²) in [5, 5.41) is 35.2. The number of carboxylic acids is 2. The average molecular weight is 528 g/mol. The number of nitrogens with one attached hydrogen (secondary N) is 4. The molecule has 1 aromatic heterocycles. The molecule has 206 valence electrons. The molecule has 5 unspecified atom stereocenters. The molecule has 3 amide bonds. The van der Waals surface area contributed by atoms with E-state index in [4.69, 9.17) is 22.3 Å². The number of aliphatic hydroxyl groups is 1. The van der Waals surface area contributed by atoms with Crippen molar-refractivity contribution >= 4 is 35.6 Å². The molecule has 17 nitrogen and oxygen atoms in total. The summed E-state index contributed by atoms with van der Waals surface area (Å²) in [6.45, 7) is 1.29. The molecule has 1 heterocycles. The minimum absolute atomic E-state index is 0.0418. The number of hydrogen-bond acceptors (Lipinski definition) is 9. The van der Waals surface area contributed by atoms with Crippen LogP contribution >= 0.6 is 0 Å². The van der Waals surface area contributed by atoms with Crippen LogP contribution in [0.3, 0.4) is 0 Å². The van der Waals surface area contributed by atoms with Gasteiger partial charge >= 0.3 is 11.9 Å². The van der Waals surface area contributed by atoms with Crippen LogP contribution in [0.5, 0.6) is 0 Å². The second kappa shape index (κ2) is 15.0. The lowest BCUT2D eigenvalue weighted by Crippen LogP contribution is -2.60. The van der Waals surface area contributed by atoms with Crippen molar-refractivity contribution in [3.8, 4) is 0 Å². The zero-order valence-electron chi connectivity index (χ0n) is 20.1. The standard InChI is InChI=1S/C20H33N9O8/c1-9(30)15(18(35)28-13(19(36)37)5-10-7-24-8-26-10)29-17(34)12(3-2-4-25-20(22)23)27-16(33)11(21)6-14(31)32/h7-9,11-13,15,30H,2-6,21H2,1H3,(H,24,26)(H,27,33)(H,28,35)(H,29,34)(H,31,32)(H,36,37)(H4,22,23,25). The number of hydrogen-bond donors (Lipinski definition) is 10. The zero-order chi connectivity index (χ0) is 28.1. The quantitative estimate of drug-likeness (QED) is 0.0555. The van der Waals surface area contributed by atoms with Crippen LogP contribution in [0.2, 0.25) is 0 Å². The van der Waals surface area contributed by atoms with Crippen molar-refractivity contribution in [3.05, 3.63) is 18.2 Å². The number of carbonyl (C=O) groups excluding carboxylic acids is 3. The molecule has 1 aromatic rings. The van der Waals surface area contributed by atoms with E-state index in [0.29, 0.717) is 5.69 Å². The third-order valence-electron chi connectivity index (χ3n) is 4.97. The number of nitrogens with two attached hydrogens (primary N) is 3. The van der Waals surface area contributed by atoms with Crippen LogP contribution in [0.1, 0.15) is 31.9 Å². The van der Waals surface area contributed by atoms with Gasteiger partial charge in [-0.3, -0.25) is 24.2 Å². The van der Waals surface area contributed by atoms with Gasteiger partial charge in [-0.1, -0.05) is 0 Å². The van der Waals surface area contributed by atoms with Gasteiger partial charge in [0.05, 0.1) is 24.9 Å². The molecule has 17 heteroatoms. The van der Waals surface area contributed by atoms with Crippen molar-refractivity contribution in [2.75, 3.05) is 6.54 Å². The van der Waals surface area contributed by atoms with Gasteiger partial charge in [-0.15, -0.1) is 0 Å². The normalized spacial score (nSPS) is 14.8. The van der Waals surface area contributed by atoms with Gasteiger partial charge in [0.1, 0.15) is 18.1 Å². The highest BCUT2D eigenvalue weighted by Crippen LogP contribution is 2.05. The first-order chi connectivity index (χ1) is 17.3. The minimum Gasteiger partial charge on any atom is -0.481 e. The lowest BCUT2D eigenvalue weighted by atomic mass is 10.1. The predicted octanol–water partition coefficient (Wildman–Crippen LogP) is -4.27. The molecule has 13 N–H and O–H groups in total. The Labute approximate surface area is 211 Å². The average Bonchev–Trinajstić information content (AvgIpc) is 3.30. The van der Waals surface area contributed by atoms with Crippen LogP contribution in [0.15, 0.2) is 17.5 Å². The summed E-state index contributed by atoms with van der Waals surface area (Å²) in [4.78, 5) is 70.7. The number of H-pyrrole nitrogens is 1. The van der Waals surface area contributed by atoms with E-state index in [1.165, 1.54) is 19.4 Å². The summed E-state index contributed by atoms with van der Waals surface area (Å²) in [5.41, 5.74) is 16.5. The molecule has 0 aliphatic carbocycles. The van der Waals surface area contributed by atoms with Crippen molar-refractivity contribution in [2.45, 2.75) is 62.9 Å². The molecule has 0 saturated heterocycles. The molecule has 0 fully saturated rings. The van der Waals surface area contributed by atoms with E-state index in [0.717, 1.165) is 0 Å². The number of aliphatic imine (C=N–C) groups is 1. The summed E-state index contributed by atoms with van der Waals surface area (Å²) in [6, 6.07) is -5.77. The fourth-order valence-corrected chi connectivity index (χ4v) is 3.07. The van der Waals surface area contributed by atoms with E-state index < -0.39 is 66.4 Å². The molecule has 1 rings (SSSR count). The summed E-state index contributed by atoms with van der Waals surface area (Å²) in [7, 11) is 0. The van der Waals surface area contributed by atoms with Gasteiger partial charge in [-0.25, -0.2) is 9.78 Å². The van der Waals surface area contributed by atoms with Crippen molar-refractivity contribution in [1.82, 2.24) is 25.9 Å². The van der Waals surface area contributed by atoms with Crippen LogP contribution < -0.4 is 33.2 Å². The first-order valence-corrected chi connectivity index (χ1v) is 11.1. The minimum atomic E-state index is -1.60. The Balaban J connectivity index is 2.98. The van der Waals surface area contributed by atoms with E-state index in [1.807, 2.05) is 0 Å². The third kappa shape index (κ3) is 11.4. The molecule has 0 aliphatic rings. The molecule has 0 radical (unpaired) electrons. The maximum Gasteiger partial charge on any atom is 0.326 e. The van der Waals surface area contributed by atoms with Crippen LogP contribution in [0, 0.1) is 0 Å². The largest absolute Gasteiger partial charge is 0.481 e. The van der Waals surface area contributed by atoms with E-state index in [-0.39, 0.29) is 31.8 Å². The van der Waals surface area contributed by atoms with Gasteiger partial charge in [-0.05, 0) is 19.8 Å². The fourth-order valence-electron chi connectivity index (χ4n) is 3.07. The number of rotatable bonds is 16. The Morgan fingerprint density at radius 1 is 1.05 bits per heavy atom. The number of aliphatic carboxylic acids is 2. The zero-order valence-corrected chi connectivity index (χ0v) is 20.1. The Kier molecular flexibility index (Phi) is 12.5. The topological polar surface area (TPSA) is 301 Å². The molecular weight excluding hydrogens is 494 g/mol. The smallest absolute Gasteiger partial charge is 0.326 e. The Bertz CT molecular complexity index is 963. The number of amides is 3. The molecule has 0 aliphatic heterocycles. The van der Waals surface area contributed by atoms with Crippen LogP contribution in [0.25, 0.3) is 0 Å². The molecule has 37 heavy (non-hydrogen) atoms. The Hall–Kier alpha value is -4.25. The highest BCUT2D eigenvalue weighted by atomic mass is 16.4. The maximum atomic E-state index is 13.0. The SMILES string of the molecule is CC(O)C(NC(=O)C(CCCN=C(N)N)NC(=O)C(N)CC(=O)O)C(=O)NC(Cc1cnc[nH]1)C(=O)O. The maximum absolute atomic E-state index is 13.0. The summed E-state index contributed by atoms with van der Waals surface area (Å²) >= 11 is 0. The van der Waals surface area contributed by atoms with Crippen LogP contribution in [0.4, 0.5) is 0 Å². The number of aromatic nitrogens is 2. The van der Waals surface area contributed by atoms with E-state index >= 15 is 0 Å².